The number of nitrogens with zero attached hydrogens (tertiary/aromatic N) is 1. The molecule has 0 unspecified atom stereocenters. The molecule has 1 aromatic heterocycles. The first-order valence-corrected chi connectivity index (χ1v) is 7.82. The van der Waals surface area contributed by atoms with Crippen LogP contribution in [0.1, 0.15) is 20.1 Å². The Morgan fingerprint density at radius 3 is 2.70 bits per heavy atom. The number of aromatic amines is 1. The molecule has 0 radical (unpaired) electrons. The Labute approximate surface area is 128 Å². The average molecular weight is 394 g/mol. The molecule has 1 aromatic rings. The van der Waals surface area contributed by atoms with Crippen LogP contribution in [-0.4, -0.2) is 38.1 Å². The second kappa shape index (κ2) is 4.93. The van der Waals surface area contributed by atoms with Crippen LogP contribution < -0.4 is 11.2 Å². The number of fused-ring (bicyclic) bond motifs is 1. The molecule has 3 rings (SSSR count). The highest BCUT2D eigenvalue weighted by molar-refractivity contribution is 14.1. The van der Waals surface area contributed by atoms with Crippen molar-refractivity contribution in [3.05, 3.63) is 33.1 Å². The van der Waals surface area contributed by atoms with Crippen molar-refractivity contribution in [3.63, 3.8) is 0 Å². The van der Waals surface area contributed by atoms with Gasteiger partial charge in [-0.1, -0.05) is 22.6 Å². The second-order valence-electron chi connectivity index (χ2n) is 5.30. The van der Waals surface area contributed by atoms with Crippen molar-refractivity contribution in [2.24, 2.45) is 0 Å². The highest BCUT2D eigenvalue weighted by atomic mass is 127. The molecular weight excluding hydrogens is 379 g/mol. The minimum Gasteiger partial charge on any atom is -0.348 e. The standard InChI is InChI=1S/C12H15IN2O5/c1-12(2)19-8-6(5-13)18-10(9(8)20-12)15-4-3-7(16)14-11(15)17/h3-4,6,8-10H,5H2,1-2H3,(H,14,16,17)/t6-,8-,9-,10-/m1/s1. The van der Waals surface area contributed by atoms with Crippen molar-refractivity contribution >= 4 is 22.6 Å². The van der Waals surface area contributed by atoms with Gasteiger partial charge in [0.1, 0.15) is 12.2 Å². The Morgan fingerprint density at radius 1 is 1.35 bits per heavy atom. The van der Waals surface area contributed by atoms with Crippen molar-refractivity contribution in [1.29, 1.82) is 0 Å². The van der Waals surface area contributed by atoms with Crippen LogP contribution in [-0.2, 0) is 14.2 Å². The lowest BCUT2D eigenvalue weighted by atomic mass is 10.1. The van der Waals surface area contributed by atoms with Crippen LogP contribution in [0, 0.1) is 0 Å². The zero-order valence-electron chi connectivity index (χ0n) is 11.0. The van der Waals surface area contributed by atoms with E-state index in [2.05, 4.69) is 27.6 Å². The minimum absolute atomic E-state index is 0.147. The molecule has 20 heavy (non-hydrogen) atoms. The van der Waals surface area contributed by atoms with Gasteiger partial charge in [-0.2, -0.15) is 0 Å². The van der Waals surface area contributed by atoms with Gasteiger partial charge >= 0.3 is 5.69 Å². The first-order valence-electron chi connectivity index (χ1n) is 6.30. The lowest BCUT2D eigenvalue weighted by Crippen LogP contribution is -2.37. The van der Waals surface area contributed by atoms with E-state index in [4.69, 9.17) is 14.2 Å². The van der Waals surface area contributed by atoms with Gasteiger partial charge in [-0.25, -0.2) is 4.79 Å². The summed E-state index contributed by atoms with van der Waals surface area (Å²) >= 11 is 2.22. The monoisotopic (exact) mass is 394 g/mol. The zero-order valence-corrected chi connectivity index (χ0v) is 13.2. The number of H-pyrrole nitrogens is 1. The van der Waals surface area contributed by atoms with Crippen LogP contribution in [0.5, 0.6) is 0 Å². The van der Waals surface area contributed by atoms with E-state index in [1.807, 2.05) is 13.8 Å². The lowest BCUT2D eigenvalue weighted by Gasteiger charge is -2.24. The van der Waals surface area contributed by atoms with Gasteiger partial charge in [-0.3, -0.25) is 14.3 Å². The van der Waals surface area contributed by atoms with Crippen LogP contribution in [0.25, 0.3) is 0 Å². The minimum atomic E-state index is -0.701. The summed E-state index contributed by atoms with van der Waals surface area (Å²) in [5.41, 5.74) is -0.946. The first-order chi connectivity index (χ1) is 9.41. The number of hydrogen-bond donors (Lipinski definition) is 1. The number of alkyl halides is 1. The Balaban J connectivity index is 1.98. The molecule has 0 bridgehead atoms. The molecule has 1 N–H and O–H groups in total. The number of nitrogens with one attached hydrogen (secondary N) is 1. The largest absolute Gasteiger partial charge is 0.348 e. The fourth-order valence-corrected chi connectivity index (χ4v) is 3.34. The molecule has 2 aliphatic heterocycles. The summed E-state index contributed by atoms with van der Waals surface area (Å²) in [4.78, 5) is 25.3. The van der Waals surface area contributed by atoms with E-state index in [1.54, 1.807) is 0 Å². The fraction of sp³-hybridized carbons (Fsp3) is 0.667. The van der Waals surface area contributed by atoms with Crippen LogP contribution >= 0.6 is 22.6 Å². The molecule has 110 valence electrons. The highest BCUT2D eigenvalue weighted by Crippen LogP contribution is 2.42. The van der Waals surface area contributed by atoms with Gasteiger partial charge in [-0.15, -0.1) is 0 Å². The van der Waals surface area contributed by atoms with Gasteiger partial charge < -0.3 is 14.2 Å². The molecule has 3 heterocycles. The Kier molecular flexibility index (Phi) is 3.51. The third-order valence-corrected chi connectivity index (χ3v) is 4.27. The van der Waals surface area contributed by atoms with Gasteiger partial charge in [0.05, 0.1) is 6.10 Å². The predicted molar refractivity (Wildman–Crippen MR) is 77.9 cm³/mol. The SMILES string of the molecule is CC1(C)O[C@@H]2[C@H](O1)[C@@H](CI)O[C@H]2n1ccc(=O)[nH]c1=O. The van der Waals surface area contributed by atoms with Crippen molar-refractivity contribution in [3.8, 4) is 0 Å². The molecule has 2 saturated heterocycles. The maximum Gasteiger partial charge on any atom is 0.330 e. The first kappa shape index (κ1) is 14.2. The number of ether oxygens (including phenoxy) is 3. The number of hydrogen-bond acceptors (Lipinski definition) is 5. The summed E-state index contributed by atoms with van der Waals surface area (Å²) in [6.07, 6.45) is 0.101. The quantitative estimate of drug-likeness (QED) is 0.580. The van der Waals surface area contributed by atoms with Gasteiger partial charge in [0, 0.05) is 16.7 Å². The smallest absolute Gasteiger partial charge is 0.330 e. The summed E-state index contributed by atoms with van der Waals surface area (Å²) in [6, 6.07) is 1.29. The van der Waals surface area contributed by atoms with E-state index in [0.717, 1.165) is 4.43 Å². The van der Waals surface area contributed by atoms with E-state index >= 15 is 0 Å². The summed E-state index contributed by atoms with van der Waals surface area (Å²) < 4.78 is 19.6. The Hall–Kier alpha value is -0.710. The molecule has 2 aliphatic rings. The maximum absolute atomic E-state index is 11.9. The van der Waals surface area contributed by atoms with Gasteiger partial charge in [0.15, 0.2) is 12.0 Å². The summed E-state index contributed by atoms with van der Waals surface area (Å²) in [6.45, 7) is 3.67. The molecule has 0 amide bonds. The zero-order chi connectivity index (χ0) is 14.5. The molecule has 2 fully saturated rings. The molecule has 0 spiro atoms. The van der Waals surface area contributed by atoms with Crippen LogP contribution in [0.3, 0.4) is 0 Å². The average Bonchev–Trinajstić information content (AvgIpc) is 2.83. The molecule has 7 nitrogen and oxygen atoms in total. The topological polar surface area (TPSA) is 82.6 Å². The van der Waals surface area contributed by atoms with E-state index in [0.29, 0.717) is 0 Å². The Bertz CT molecular complexity index is 625. The predicted octanol–water partition coefficient (Wildman–Crippen LogP) is 0.389. The highest BCUT2D eigenvalue weighted by Gasteiger charge is 2.55. The van der Waals surface area contributed by atoms with Crippen molar-refractivity contribution < 1.29 is 14.2 Å². The Morgan fingerprint density at radius 2 is 2.05 bits per heavy atom. The summed E-state index contributed by atoms with van der Waals surface area (Å²) in [7, 11) is 0. The van der Waals surface area contributed by atoms with E-state index in [-0.39, 0.29) is 18.3 Å². The molecule has 0 aliphatic carbocycles. The second-order valence-corrected chi connectivity index (χ2v) is 6.18. The van der Waals surface area contributed by atoms with Gasteiger partial charge in [0.25, 0.3) is 5.56 Å². The van der Waals surface area contributed by atoms with Crippen molar-refractivity contribution in [2.75, 3.05) is 4.43 Å². The summed E-state index contributed by atoms with van der Waals surface area (Å²) in [5, 5.41) is 0. The number of rotatable bonds is 2. The third kappa shape index (κ3) is 2.34. The number of aromatic nitrogens is 2. The van der Waals surface area contributed by atoms with Crippen LogP contribution in [0.4, 0.5) is 0 Å². The fourth-order valence-electron chi connectivity index (χ4n) is 2.63. The molecule has 8 heteroatoms. The molecule has 0 aromatic carbocycles. The maximum atomic E-state index is 11.9. The normalized spacial score (nSPS) is 35.1. The third-order valence-electron chi connectivity index (χ3n) is 3.40. The van der Waals surface area contributed by atoms with Crippen molar-refractivity contribution in [1.82, 2.24) is 9.55 Å². The van der Waals surface area contributed by atoms with Crippen LogP contribution in [0.15, 0.2) is 21.9 Å². The van der Waals surface area contributed by atoms with Gasteiger partial charge in [0.2, 0.25) is 0 Å². The van der Waals surface area contributed by atoms with Crippen molar-refractivity contribution in [2.45, 2.75) is 44.2 Å². The summed E-state index contributed by atoms with van der Waals surface area (Å²) in [5.74, 6) is -0.701. The lowest BCUT2D eigenvalue weighted by molar-refractivity contribution is -0.194. The molecule has 0 saturated carbocycles. The van der Waals surface area contributed by atoms with Crippen LogP contribution in [0.2, 0.25) is 0 Å². The van der Waals surface area contributed by atoms with E-state index in [9.17, 15) is 9.59 Å². The van der Waals surface area contributed by atoms with E-state index < -0.39 is 23.3 Å². The van der Waals surface area contributed by atoms with E-state index in [1.165, 1.54) is 16.8 Å². The number of halogens is 1. The molecular formula is C12H15IN2O5. The van der Waals surface area contributed by atoms with Gasteiger partial charge in [-0.05, 0) is 13.8 Å². The molecule has 4 atom stereocenters.